The van der Waals surface area contributed by atoms with Crippen LogP contribution in [-0.2, 0) is 10.2 Å². The zero-order valence-corrected chi connectivity index (χ0v) is 21.9. The van der Waals surface area contributed by atoms with Gasteiger partial charge in [-0.05, 0) is 83.4 Å². The van der Waals surface area contributed by atoms with Gasteiger partial charge in [-0.3, -0.25) is 4.79 Å². The number of hydrogen-bond acceptors (Lipinski definition) is 5. The fraction of sp³-hybridized carbons (Fsp3) is 0.214. The number of carbonyl (C=O) groups excluding carboxylic acids is 1. The van der Waals surface area contributed by atoms with Gasteiger partial charge < -0.3 is 15.2 Å². The third-order valence-corrected chi connectivity index (χ3v) is 6.71. The molecule has 4 aromatic rings. The number of anilines is 1. The lowest BCUT2D eigenvalue weighted by atomic mass is 9.87. The summed E-state index contributed by atoms with van der Waals surface area (Å²) in [5, 5.41) is 20.1. The SMILES string of the molecule is COc1ccc(-[n+]2c(SCC(=O)Nc3ccc(C(=O)O)cc3)n[nH]c2-c2ccc(C(C)(C)C)cc2)cc1. The average Bonchev–Trinajstić information content (AvgIpc) is 3.31. The van der Waals surface area contributed by atoms with Gasteiger partial charge in [0.2, 0.25) is 5.91 Å². The Morgan fingerprint density at radius 2 is 1.65 bits per heavy atom. The van der Waals surface area contributed by atoms with E-state index in [1.54, 1.807) is 19.2 Å². The number of amides is 1. The molecule has 9 heteroatoms. The maximum Gasteiger partial charge on any atom is 0.342 e. The van der Waals surface area contributed by atoms with Crippen LogP contribution >= 0.6 is 11.8 Å². The van der Waals surface area contributed by atoms with Gasteiger partial charge >= 0.3 is 11.1 Å². The molecule has 0 fully saturated rings. The van der Waals surface area contributed by atoms with Crippen LogP contribution in [0.1, 0.15) is 36.7 Å². The lowest BCUT2D eigenvalue weighted by Crippen LogP contribution is -2.34. The first-order chi connectivity index (χ1) is 17.7. The molecule has 0 saturated carbocycles. The summed E-state index contributed by atoms with van der Waals surface area (Å²) in [5.74, 6) is 0.404. The number of H-pyrrole nitrogens is 1. The summed E-state index contributed by atoms with van der Waals surface area (Å²) in [6.45, 7) is 6.53. The number of rotatable bonds is 8. The number of benzene rings is 3. The van der Waals surface area contributed by atoms with Crippen molar-refractivity contribution in [2.75, 3.05) is 18.2 Å². The van der Waals surface area contributed by atoms with Gasteiger partial charge in [-0.25, -0.2) is 4.79 Å². The molecule has 0 aliphatic carbocycles. The molecule has 0 aliphatic heterocycles. The lowest BCUT2D eigenvalue weighted by molar-refractivity contribution is -0.625. The number of aromatic nitrogens is 3. The molecule has 1 aromatic heterocycles. The molecule has 0 atom stereocenters. The van der Waals surface area contributed by atoms with Gasteiger partial charge in [-0.1, -0.05) is 32.9 Å². The van der Waals surface area contributed by atoms with E-state index in [0.29, 0.717) is 10.8 Å². The van der Waals surface area contributed by atoms with Crippen LogP contribution in [0.5, 0.6) is 5.75 Å². The minimum Gasteiger partial charge on any atom is -0.497 e. The van der Waals surface area contributed by atoms with E-state index in [2.05, 4.69) is 60.6 Å². The van der Waals surface area contributed by atoms with Crippen molar-refractivity contribution in [1.82, 2.24) is 10.2 Å². The first-order valence-corrected chi connectivity index (χ1v) is 12.7. The molecule has 8 nitrogen and oxygen atoms in total. The van der Waals surface area contributed by atoms with Crippen molar-refractivity contribution < 1.29 is 24.0 Å². The molecule has 0 saturated heterocycles. The summed E-state index contributed by atoms with van der Waals surface area (Å²) < 4.78 is 7.29. The number of carboxylic acid groups (broad SMARTS) is 1. The van der Waals surface area contributed by atoms with E-state index in [9.17, 15) is 9.59 Å². The molecule has 1 amide bonds. The largest absolute Gasteiger partial charge is 0.497 e. The number of carbonyl (C=O) groups is 2. The minimum atomic E-state index is -1.01. The number of nitrogens with zero attached hydrogens (tertiary/aromatic N) is 2. The quantitative estimate of drug-likeness (QED) is 0.222. The molecule has 0 radical (unpaired) electrons. The van der Waals surface area contributed by atoms with Gasteiger partial charge in [0.15, 0.2) is 0 Å². The Bertz CT molecular complexity index is 1390. The van der Waals surface area contributed by atoms with Crippen LogP contribution in [-0.4, -0.2) is 40.0 Å². The third-order valence-electron chi connectivity index (χ3n) is 5.78. The number of thioether (sulfide) groups is 1. The fourth-order valence-corrected chi connectivity index (χ4v) is 4.48. The molecule has 3 N–H and O–H groups in total. The first kappa shape index (κ1) is 26.0. The molecular formula is C28H29N4O4S+. The Morgan fingerprint density at radius 1 is 1.00 bits per heavy atom. The fourth-order valence-electron chi connectivity index (χ4n) is 3.71. The lowest BCUT2D eigenvalue weighted by Gasteiger charge is -2.18. The Kier molecular flexibility index (Phi) is 7.63. The topological polar surface area (TPSA) is 108 Å². The highest BCUT2D eigenvalue weighted by molar-refractivity contribution is 7.99. The summed E-state index contributed by atoms with van der Waals surface area (Å²) in [5.41, 5.74) is 3.80. The Morgan fingerprint density at radius 3 is 2.22 bits per heavy atom. The predicted molar refractivity (Wildman–Crippen MR) is 144 cm³/mol. The third kappa shape index (κ3) is 6.18. The number of aromatic carboxylic acids is 1. The van der Waals surface area contributed by atoms with E-state index in [1.807, 2.05) is 28.8 Å². The number of carboxylic acids is 1. The number of hydrogen-bond donors (Lipinski definition) is 3. The van der Waals surface area contributed by atoms with Crippen LogP contribution in [0.2, 0.25) is 0 Å². The molecule has 0 spiro atoms. The Balaban J connectivity index is 1.58. The molecular weight excluding hydrogens is 488 g/mol. The van der Waals surface area contributed by atoms with Crippen LogP contribution in [0.15, 0.2) is 78.0 Å². The highest BCUT2D eigenvalue weighted by Gasteiger charge is 2.25. The van der Waals surface area contributed by atoms with Crippen molar-refractivity contribution in [3.8, 4) is 22.8 Å². The molecule has 190 valence electrons. The van der Waals surface area contributed by atoms with Crippen LogP contribution in [0.4, 0.5) is 5.69 Å². The summed E-state index contributed by atoms with van der Waals surface area (Å²) in [7, 11) is 1.62. The smallest absolute Gasteiger partial charge is 0.342 e. The van der Waals surface area contributed by atoms with Crippen LogP contribution < -0.4 is 14.6 Å². The Hall–Kier alpha value is -4.11. The maximum absolute atomic E-state index is 12.6. The summed E-state index contributed by atoms with van der Waals surface area (Å²) in [6, 6.07) is 22.0. The zero-order valence-electron chi connectivity index (χ0n) is 21.1. The first-order valence-electron chi connectivity index (χ1n) is 11.7. The van der Waals surface area contributed by atoms with Crippen molar-refractivity contribution in [1.29, 1.82) is 0 Å². The van der Waals surface area contributed by atoms with Crippen molar-refractivity contribution >= 4 is 29.3 Å². The van der Waals surface area contributed by atoms with E-state index in [0.717, 1.165) is 22.8 Å². The summed E-state index contributed by atoms with van der Waals surface area (Å²) in [4.78, 5) is 23.7. The molecule has 0 unspecified atom stereocenters. The molecule has 3 aromatic carbocycles. The van der Waals surface area contributed by atoms with Gasteiger partial charge in [0.05, 0.1) is 29.1 Å². The van der Waals surface area contributed by atoms with Gasteiger partial charge in [-0.15, -0.1) is 5.10 Å². The highest BCUT2D eigenvalue weighted by Crippen LogP contribution is 2.26. The highest BCUT2D eigenvalue weighted by atomic mass is 32.2. The minimum absolute atomic E-state index is 0.0425. The average molecular weight is 518 g/mol. The molecule has 0 bridgehead atoms. The van der Waals surface area contributed by atoms with Crippen molar-refractivity contribution in [3.05, 3.63) is 83.9 Å². The number of aromatic amines is 1. The monoisotopic (exact) mass is 517 g/mol. The van der Waals surface area contributed by atoms with Crippen LogP contribution in [0.3, 0.4) is 0 Å². The van der Waals surface area contributed by atoms with Crippen molar-refractivity contribution in [2.45, 2.75) is 31.3 Å². The van der Waals surface area contributed by atoms with Gasteiger partial charge in [0.25, 0.3) is 5.82 Å². The van der Waals surface area contributed by atoms with E-state index in [-0.39, 0.29) is 22.6 Å². The molecule has 1 heterocycles. The molecule has 0 aliphatic rings. The van der Waals surface area contributed by atoms with E-state index in [4.69, 9.17) is 9.84 Å². The molecule has 37 heavy (non-hydrogen) atoms. The number of nitrogens with one attached hydrogen (secondary N) is 2. The second-order valence-corrected chi connectivity index (χ2v) is 10.4. The summed E-state index contributed by atoms with van der Waals surface area (Å²) >= 11 is 1.29. The second-order valence-electron chi connectivity index (χ2n) is 9.43. The van der Waals surface area contributed by atoms with Crippen LogP contribution in [0.25, 0.3) is 17.1 Å². The standard InChI is InChI=1S/C28H28N4O4S/c1-28(2,3)20-9-5-18(6-10-20)25-30-31-27(32(25)22-13-15-23(36-4)16-14-22)37-17-24(33)29-21-11-7-19(8-12-21)26(34)35/h5-16H,17H2,1-4H3,(H2,29,33,34,35)/p+1. The Labute approximate surface area is 219 Å². The number of methoxy groups -OCH3 is 1. The second kappa shape index (κ2) is 10.9. The normalized spacial score (nSPS) is 11.2. The van der Waals surface area contributed by atoms with Crippen LogP contribution in [0, 0.1) is 0 Å². The van der Waals surface area contributed by atoms with Crippen molar-refractivity contribution in [3.63, 3.8) is 0 Å². The van der Waals surface area contributed by atoms with Gasteiger partial charge in [0, 0.05) is 5.69 Å². The van der Waals surface area contributed by atoms with E-state index >= 15 is 0 Å². The predicted octanol–water partition coefficient (Wildman–Crippen LogP) is 5.09. The van der Waals surface area contributed by atoms with Gasteiger partial charge in [0.1, 0.15) is 11.4 Å². The van der Waals surface area contributed by atoms with Gasteiger partial charge in [-0.2, -0.15) is 4.57 Å². The maximum atomic E-state index is 12.6. The van der Waals surface area contributed by atoms with E-state index < -0.39 is 5.97 Å². The molecule has 4 rings (SSSR count). The van der Waals surface area contributed by atoms with Crippen molar-refractivity contribution in [2.24, 2.45) is 0 Å². The van der Waals surface area contributed by atoms with E-state index in [1.165, 1.54) is 29.5 Å². The summed E-state index contributed by atoms with van der Waals surface area (Å²) in [6.07, 6.45) is 0. The zero-order chi connectivity index (χ0) is 26.6. The number of ether oxygens (including phenoxy) is 1.